The molecule has 0 atom stereocenters. The molecule has 0 heterocycles. The molecule has 0 fully saturated rings. The van der Waals surface area contributed by atoms with E-state index in [1.165, 1.54) is 6.92 Å². The number of carbonyl (C=O) groups excluding carboxylic acids is 1. The molecule has 0 saturated heterocycles. The Morgan fingerprint density at radius 1 is 1.46 bits per heavy atom. The molecule has 13 heavy (non-hydrogen) atoms. The van der Waals surface area contributed by atoms with E-state index in [1.807, 2.05) is 0 Å². The first-order valence-electron chi connectivity index (χ1n) is 3.77. The van der Waals surface area contributed by atoms with Gasteiger partial charge in [0, 0.05) is 5.57 Å². The molecule has 3 N–H and O–H groups in total. The number of carbonyl (C=O) groups is 1. The molecule has 0 aromatic carbocycles. The number of primary amides is 1. The van der Waals surface area contributed by atoms with Gasteiger partial charge < -0.3 is 5.73 Å². The first-order chi connectivity index (χ1) is 5.80. The summed E-state index contributed by atoms with van der Waals surface area (Å²) >= 11 is 0. The van der Waals surface area contributed by atoms with Crippen LogP contribution >= 0.6 is 0 Å². The average molecular weight is 207 g/mol. The van der Waals surface area contributed by atoms with Crippen LogP contribution in [0.2, 0.25) is 0 Å². The fraction of sp³-hybridized carbons (Fsp3) is 0.571. The molecule has 0 aromatic heterocycles. The number of hydrogen-bond donors (Lipinski definition) is 2. The topological polar surface area (TPSA) is 97.5 Å². The maximum atomic E-state index is 10.8. The largest absolute Gasteiger partial charge is 0.366 e. The van der Waals surface area contributed by atoms with Crippen LogP contribution < -0.4 is 5.73 Å². The first-order valence-corrected chi connectivity index (χ1v) is 5.21. The standard InChI is InChI=1S/C7H13NO4S/c1-3-4-6(13(10,11)12)5(2)7(8)9/h3-4H2,1-2H3,(H2,8,9)(H,10,11,12)/b6-5+. The van der Waals surface area contributed by atoms with Crippen molar-refractivity contribution in [2.45, 2.75) is 26.7 Å². The van der Waals surface area contributed by atoms with Crippen molar-refractivity contribution in [3.63, 3.8) is 0 Å². The molecular formula is C7H13NO4S. The van der Waals surface area contributed by atoms with Gasteiger partial charge in [-0.25, -0.2) is 0 Å². The minimum Gasteiger partial charge on any atom is -0.366 e. The zero-order chi connectivity index (χ0) is 10.6. The average Bonchev–Trinajstić information content (AvgIpc) is 1.96. The first kappa shape index (κ1) is 12.1. The van der Waals surface area contributed by atoms with E-state index in [0.29, 0.717) is 6.42 Å². The van der Waals surface area contributed by atoms with Crippen LogP contribution in [-0.2, 0) is 14.9 Å². The third-order valence-corrected chi connectivity index (χ3v) is 2.71. The summed E-state index contributed by atoms with van der Waals surface area (Å²) in [5.41, 5.74) is 4.78. The maximum absolute atomic E-state index is 10.8. The van der Waals surface area contributed by atoms with E-state index in [4.69, 9.17) is 10.3 Å². The van der Waals surface area contributed by atoms with Gasteiger partial charge in [-0.05, 0) is 13.3 Å². The minimum atomic E-state index is -4.29. The smallest absolute Gasteiger partial charge is 0.291 e. The molecule has 0 saturated carbocycles. The van der Waals surface area contributed by atoms with E-state index in [0.717, 1.165) is 0 Å². The van der Waals surface area contributed by atoms with Gasteiger partial charge in [0.15, 0.2) is 0 Å². The van der Waals surface area contributed by atoms with Gasteiger partial charge in [0.25, 0.3) is 10.1 Å². The van der Waals surface area contributed by atoms with E-state index >= 15 is 0 Å². The molecule has 0 unspecified atom stereocenters. The van der Waals surface area contributed by atoms with Crippen molar-refractivity contribution in [3.8, 4) is 0 Å². The Balaban J connectivity index is 5.26. The third-order valence-electron chi connectivity index (χ3n) is 1.58. The van der Waals surface area contributed by atoms with Crippen molar-refractivity contribution in [1.29, 1.82) is 0 Å². The predicted octanol–water partition coefficient (Wildman–Crippen LogP) is 0.434. The fourth-order valence-electron chi connectivity index (χ4n) is 0.874. The van der Waals surface area contributed by atoms with Gasteiger partial charge in [-0.3, -0.25) is 9.35 Å². The summed E-state index contributed by atoms with van der Waals surface area (Å²) in [6, 6.07) is 0. The molecule has 0 rings (SSSR count). The van der Waals surface area contributed by atoms with E-state index in [2.05, 4.69) is 0 Å². The molecule has 76 valence electrons. The number of allylic oxidation sites excluding steroid dienone is 1. The molecule has 1 amide bonds. The van der Waals surface area contributed by atoms with Crippen LogP contribution in [0.3, 0.4) is 0 Å². The second kappa shape index (κ2) is 4.38. The van der Waals surface area contributed by atoms with Gasteiger partial charge in [0.2, 0.25) is 5.91 Å². The van der Waals surface area contributed by atoms with Gasteiger partial charge in [0.05, 0.1) is 4.91 Å². The summed E-state index contributed by atoms with van der Waals surface area (Å²) in [6.07, 6.45) is 0.632. The summed E-state index contributed by atoms with van der Waals surface area (Å²) in [5, 5.41) is 0. The lowest BCUT2D eigenvalue weighted by molar-refractivity contribution is -0.114. The van der Waals surface area contributed by atoms with Crippen LogP contribution in [0.1, 0.15) is 26.7 Å². The Hall–Kier alpha value is -0.880. The molecule has 6 heteroatoms. The zero-order valence-corrected chi connectivity index (χ0v) is 8.39. The molecule has 0 spiro atoms. The maximum Gasteiger partial charge on any atom is 0.291 e. The van der Waals surface area contributed by atoms with Crippen molar-refractivity contribution in [2.75, 3.05) is 0 Å². The molecule has 0 radical (unpaired) electrons. The van der Waals surface area contributed by atoms with Gasteiger partial charge in [-0.2, -0.15) is 8.42 Å². The van der Waals surface area contributed by atoms with Gasteiger partial charge in [0.1, 0.15) is 0 Å². The van der Waals surface area contributed by atoms with E-state index in [9.17, 15) is 13.2 Å². The molecule has 0 bridgehead atoms. The highest BCUT2D eigenvalue weighted by atomic mass is 32.2. The Labute approximate surface area is 77.4 Å². The Kier molecular flexibility index (Phi) is 4.09. The number of hydrogen-bond acceptors (Lipinski definition) is 3. The van der Waals surface area contributed by atoms with Crippen molar-refractivity contribution in [3.05, 3.63) is 10.5 Å². The minimum absolute atomic E-state index is 0.107. The Morgan fingerprint density at radius 2 is 1.92 bits per heavy atom. The fourth-order valence-corrected chi connectivity index (χ4v) is 1.82. The van der Waals surface area contributed by atoms with Crippen LogP contribution in [0.15, 0.2) is 10.5 Å². The van der Waals surface area contributed by atoms with E-state index in [-0.39, 0.29) is 16.9 Å². The Morgan fingerprint density at radius 3 is 2.15 bits per heavy atom. The van der Waals surface area contributed by atoms with Crippen LogP contribution in [0.25, 0.3) is 0 Å². The lowest BCUT2D eigenvalue weighted by Crippen LogP contribution is -2.17. The summed E-state index contributed by atoms with van der Waals surface area (Å²) < 4.78 is 30.2. The predicted molar refractivity (Wildman–Crippen MR) is 48.4 cm³/mol. The lowest BCUT2D eigenvalue weighted by Gasteiger charge is -2.04. The zero-order valence-electron chi connectivity index (χ0n) is 7.57. The Bertz CT molecular complexity index is 328. The molecule has 5 nitrogen and oxygen atoms in total. The highest BCUT2D eigenvalue weighted by Gasteiger charge is 2.18. The van der Waals surface area contributed by atoms with Gasteiger partial charge >= 0.3 is 0 Å². The van der Waals surface area contributed by atoms with Crippen LogP contribution in [0, 0.1) is 0 Å². The normalized spacial score (nSPS) is 13.8. The SMILES string of the molecule is CCC/C(=C(/C)C(N)=O)S(=O)(=O)O. The summed E-state index contributed by atoms with van der Waals surface area (Å²) in [6.45, 7) is 3.01. The summed E-state index contributed by atoms with van der Waals surface area (Å²) in [5.74, 6) is -0.832. The van der Waals surface area contributed by atoms with Crippen molar-refractivity contribution in [2.24, 2.45) is 5.73 Å². The molecule has 0 aliphatic rings. The van der Waals surface area contributed by atoms with E-state index < -0.39 is 16.0 Å². The van der Waals surface area contributed by atoms with Crippen LogP contribution in [0.5, 0.6) is 0 Å². The number of rotatable bonds is 4. The molecule has 0 aliphatic carbocycles. The quantitative estimate of drug-likeness (QED) is 0.516. The van der Waals surface area contributed by atoms with Crippen LogP contribution in [0.4, 0.5) is 0 Å². The number of nitrogens with two attached hydrogens (primary N) is 1. The molecular weight excluding hydrogens is 194 g/mol. The van der Waals surface area contributed by atoms with Crippen molar-refractivity contribution in [1.82, 2.24) is 0 Å². The second-order valence-electron chi connectivity index (χ2n) is 2.64. The van der Waals surface area contributed by atoms with E-state index in [1.54, 1.807) is 6.92 Å². The van der Waals surface area contributed by atoms with Crippen LogP contribution in [-0.4, -0.2) is 18.9 Å². The second-order valence-corrected chi connectivity index (χ2v) is 4.08. The number of amides is 1. The summed E-state index contributed by atoms with van der Waals surface area (Å²) in [7, 11) is -4.29. The monoisotopic (exact) mass is 207 g/mol. The lowest BCUT2D eigenvalue weighted by atomic mass is 10.2. The van der Waals surface area contributed by atoms with Crippen molar-refractivity contribution < 1.29 is 17.8 Å². The summed E-state index contributed by atoms with van der Waals surface area (Å²) in [4.78, 5) is 10.4. The third kappa shape index (κ3) is 3.56. The highest BCUT2D eigenvalue weighted by Crippen LogP contribution is 2.16. The van der Waals surface area contributed by atoms with Gasteiger partial charge in [-0.1, -0.05) is 13.3 Å². The molecule has 0 aromatic rings. The van der Waals surface area contributed by atoms with Crippen molar-refractivity contribution >= 4 is 16.0 Å². The molecule has 0 aliphatic heterocycles. The van der Waals surface area contributed by atoms with Gasteiger partial charge in [-0.15, -0.1) is 0 Å². The highest BCUT2D eigenvalue weighted by molar-refractivity contribution is 7.89.